The minimum absolute atomic E-state index is 0.625. The molecule has 0 amide bonds. The standard InChI is InChI=1S/C12H14N4/c1-13-12-14-9-8-11(15-12)16(2)10-6-4-3-5-7-10/h3-9H,1-2H3,(H,13,14,15). The molecule has 82 valence electrons. The molecule has 4 heteroatoms. The van der Waals surface area contributed by atoms with Crippen LogP contribution in [-0.2, 0) is 0 Å². The molecule has 0 radical (unpaired) electrons. The minimum Gasteiger partial charge on any atom is -0.357 e. The van der Waals surface area contributed by atoms with Crippen LogP contribution >= 0.6 is 0 Å². The van der Waals surface area contributed by atoms with Crippen LogP contribution in [0.1, 0.15) is 0 Å². The number of aromatic nitrogens is 2. The largest absolute Gasteiger partial charge is 0.357 e. The molecular formula is C12H14N4. The molecule has 0 unspecified atom stereocenters. The average Bonchev–Trinajstić information content (AvgIpc) is 2.39. The van der Waals surface area contributed by atoms with Gasteiger partial charge in [-0.15, -0.1) is 0 Å². The van der Waals surface area contributed by atoms with Crippen molar-refractivity contribution in [2.75, 3.05) is 24.3 Å². The zero-order chi connectivity index (χ0) is 11.4. The molecule has 1 N–H and O–H groups in total. The summed E-state index contributed by atoms with van der Waals surface area (Å²) in [7, 11) is 3.79. The molecule has 16 heavy (non-hydrogen) atoms. The van der Waals surface area contributed by atoms with Crippen molar-refractivity contribution in [1.29, 1.82) is 0 Å². The maximum absolute atomic E-state index is 4.37. The summed E-state index contributed by atoms with van der Waals surface area (Å²) >= 11 is 0. The lowest BCUT2D eigenvalue weighted by atomic mass is 10.3. The maximum atomic E-state index is 4.37. The van der Waals surface area contributed by atoms with Crippen molar-refractivity contribution in [3.05, 3.63) is 42.6 Å². The van der Waals surface area contributed by atoms with Gasteiger partial charge in [-0.25, -0.2) is 4.98 Å². The van der Waals surface area contributed by atoms with Gasteiger partial charge in [-0.2, -0.15) is 4.98 Å². The number of rotatable bonds is 3. The fraction of sp³-hybridized carbons (Fsp3) is 0.167. The molecule has 0 aliphatic carbocycles. The van der Waals surface area contributed by atoms with E-state index in [0.29, 0.717) is 5.95 Å². The molecule has 2 aromatic rings. The summed E-state index contributed by atoms with van der Waals surface area (Å²) in [5.41, 5.74) is 1.10. The molecule has 0 spiro atoms. The van der Waals surface area contributed by atoms with E-state index in [1.807, 2.05) is 55.4 Å². The molecule has 0 saturated heterocycles. The van der Waals surface area contributed by atoms with E-state index < -0.39 is 0 Å². The number of nitrogens with one attached hydrogen (secondary N) is 1. The molecule has 1 aromatic carbocycles. The van der Waals surface area contributed by atoms with Crippen molar-refractivity contribution in [3.63, 3.8) is 0 Å². The summed E-state index contributed by atoms with van der Waals surface area (Å²) in [6, 6.07) is 12.0. The van der Waals surface area contributed by atoms with Crippen LogP contribution in [0.15, 0.2) is 42.6 Å². The summed E-state index contributed by atoms with van der Waals surface area (Å²) in [5.74, 6) is 1.49. The molecule has 0 fully saturated rings. The van der Waals surface area contributed by atoms with Crippen molar-refractivity contribution in [3.8, 4) is 0 Å². The summed E-state index contributed by atoms with van der Waals surface area (Å²) in [5, 5.41) is 2.92. The number of anilines is 3. The Balaban J connectivity index is 2.30. The van der Waals surface area contributed by atoms with Gasteiger partial charge in [-0.1, -0.05) is 18.2 Å². The van der Waals surface area contributed by atoms with E-state index in [9.17, 15) is 0 Å². The molecule has 4 nitrogen and oxygen atoms in total. The number of para-hydroxylation sites is 1. The van der Waals surface area contributed by atoms with Gasteiger partial charge in [-0.05, 0) is 18.2 Å². The smallest absolute Gasteiger partial charge is 0.224 e. The van der Waals surface area contributed by atoms with E-state index in [4.69, 9.17) is 0 Å². The van der Waals surface area contributed by atoms with E-state index in [1.54, 1.807) is 6.20 Å². The second kappa shape index (κ2) is 4.61. The molecule has 0 saturated carbocycles. The Morgan fingerprint density at radius 2 is 1.88 bits per heavy atom. The van der Waals surface area contributed by atoms with Gasteiger partial charge in [0.1, 0.15) is 5.82 Å². The highest BCUT2D eigenvalue weighted by Gasteiger charge is 2.05. The van der Waals surface area contributed by atoms with Crippen LogP contribution in [0.5, 0.6) is 0 Å². The highest BCUT2D eigenvalue weighted by molar-refractivity contribution is 5.59. The van der Waals surface area contributed by atoms with Crippen molar-refractivity contribution in [2.24, 2.45) is 0 Å². The first-order chi connectivity index (χ1) is 7.81. The van der Waals surface area contributed by atoms with Gasteiger partial charge in [0.25, 0.3) is 0 Å². The number of hydrogen-bond acceptors (Lipinski definition) is 4. The molecule has 0 aliphatic heterocycles. The van der Waals surface area contributed by atoms with Crippen LogP contribution in [0.4, 0.5) is 17.5 Å². The zero-order valence-electron chi connectivity index (χ0n) is 9.38. The third-order valence-corrected chi connectivity index (χ3v) is 2.35. The molecule has 1 aromatic heterocycles. The first kappa shape index (κ1) is 10.4. The lowest BCUT2D eigenvalue weighted by Gasteiger charge is -2.18. The number of benzene rings is 1. The topological polar surface area (TPSA) is 41.1 Å². The molecule has 1 heterocycles. The first-order valence-electron chi connectivity index (χ1n) is 5.11. The normalized spacial score (nSPS) is 9.88. The Morgan fingerprint density at radius 1 is 1.12 bits per heavy atom. The average molecular weight is 214 g/mol. The summed E-state index contributed by atoms with van der Waals surface area (Å²) < 4.78 is 0. The molecular weight excluding hydrogens is 200 g/mol. The van der Waals surface area contributed by atoms with Crippen molar-refractivity contribution in [1.82, 2.24) is 9.97 Å². The highest BCUT2D eigenvalue weighted by Crippen LogP contribution is 2.20. The lowest BCUT2D eigenvalue weighted by Crippen LogP contribution is -2.12. The fourth-order valence-electron chi connectivity index (χ4n) is 1.44. The molecule has 2 rings (SSSR count). The first-order valence-corrected chi connectivity index (χ1v) is 5.11. The van der Waals surface area contributed by atoms with E-state index in [0.717, 1.165) is 11.5 Å². The predicted molar refractivity (Wildman–Crippen MR) is 66.1 cm³/mol. The second-order valence-electron chi connectivity index (χ2n) is 3.38. The third-order valence-electron chi connectivity index (χ3n) is 2.35. The molecule has 0 atom stereocenters. The van der Waals surface area contributed by atoms with E-state index in [-0.39, 0.29) is 0 Å². The van der Waals surface area contributed by atoms with Gasteiger partial charge in [0, 0.05) is 26.0 Å². The predicted octanol–water partition coefficient (Wildman–Crippen LogP) is 2.29. The van der Waals surface area contributed by atoms with E-state index >= 15 is 0 Å². The van der Waals surface area contributed by atoms with Crippen LogP contribution in [0.2, 0.25) is 0 Å². The second-order valence-corrected chi connectivity index (χ2v) is 3.38. The summed E-state index contributed by atoms with van der Waals surface area (Å²) in [6.07, 6.45) is 1.74. The fourth-order valence-corrected chi connectivity index (χ4v) is 1.44. The van der Waals surface area contributed by atoms with Gasteiger partial charge >= 0.3 is 0 Å². The monoisotopic (exact) mass is 214 g/mol. The maximum Gasteiger partial charge on any atom is 0.224 e. The highest BCUT2D eigenvalue weighted by atomic mass is 15.2. The van der Waals surface area contributed by atoms with Crippen molar-refractivity contribution < 1.29 is 0 Å². The number of hydrogen-bond donors (Lipinski definition) is 1. The van der Waals surface area contributed by atoms with Gasteiger partial charge in [0.15, 0.2) is 0 Å². The lowest BCUT2D eigenvalue weighted by molar-refractivity contribution is 1.08. The quantitative estimate of drug-likeness (QED) is 0.851. The summed E-state index contributed by atoms with van der Waals surface area (Å²) in [4.78, 5) is 10.5. The van der Waals surface area contributed by atoms with Gasteiger partial charge < -0.3 is 10.2 Å². The van der Waals surface area contributed by atoms with Crippen molar-refractivity contribution in [2.45, 2.75) is 0 Å². The van der Waals surface area contributed by atoms with Crippen LogP contribution in [0, 0.1) is 0 Å². The van der Waals surface area contributed by atoms with Crippen LogP contribution in [-0.4, -0.2) is 24.1 Å². The Labute approximate surface area is 95.0 Å². The van der Waals surface area contributed by atoms with Gasteiger partial charge in [0.2, 0.25) is 5.95 Å². The Hall–Kier alpha value is -2.10. The van der Waals surface area contributed by atoms with Crippen LogP contribution < -0.4 is 10.2 Å². The van der Waals surface area contributed by atoms with Crippen LogP contribution in [0.25, 0.3) is 0 Å². The molecule has 0 bridgehead atoms. The van der Waals surface area contributed by atoms with Gasteiger partial charge in [0.05, 0.1) is 0 Å². The van der Waals surface area contributed by atoms with Crippen LogP contribution in [0.3, 0.4) is 0 Å². The summed E-state index contributed by atoms with van der Waals surface area (Å²) in [6.45, 7) is 0. The number of nitrogens with zero attached hydrogens (tertiary/aromatic N) is 3. The van der Waals surface area contributed by atoms with Gasteiger partial charge in [-0.3, -0.25) is 0 Å². The van der Waals surface area contributed by atoms with Crippen molar-refractivity contribution >= 4 is 17.5 Å². The zero-order valence-corrected chi connectivity index (χ0v) is 9.38. The Bertz CT molecular complexity index is 456. The van der Waals surface area contributed by atoms with E-state index in [2.05, 4.69) is 15.3 Å². The Morgan fingerprint density at radius 3 is 2.56 bits per heavy atom. The molecule has 0 aliphatic rings. The third kappa shape index (κ3) is 2.11. The van der Waals surface area contributed by atoms with E-state index in [1.165, 1.54) is 0 Å². The SMILES string of the molecule is CNc1nccc(N(C)c2ccccc2)n1. The Kier molecular flexibility index (Phi) is 3.00. The minimum atomic E-state index is 0.625.